The van der Waals surface area contributed by atoms with Crippen LogP contribution in [-0.4, -0.2) is 40.1 Å². The van der Waals surface area contributed by atoms with Crippen molar-refractivity contribution in [3.05, 3.63) is 23.0 Å². The van der Waals surface area contributed by atoms with Crippen LogP contribution in [0.15, 0.2) is 6.07 Å². The molecule has 2 heterocycles. The van der Waals surface area contributed by atoms with E-state index < -0.39 is 0 Å². The summed E-state index contributed by atoms with van der Waals surface area (Å²) in [4.78, 5) is 14.4. The molecule has 0 aromatic carbocycles. The topological polar surface area (TPSA) is 72.1 Å². The Morgan fingerprint density at radius 3 is 2.89 bits per heavy atom. The van der Waals surface area contributed by atoms with Crippen molar-refractivity contribution in [1.82, 2.24) is 15.1 Å². The third kappa shape index (κ3) is 2.92. The van der Waals surface area contributed by atoms with Gasteiger partial charge in [0, 0.05) is 19.1 Å². The molecule has 5 heteroatoms. The molecule has 1 aromatic rings. The predicted molar refractivity (Wildman–Crippen MR) is 73.8 cm³/mol. The summed E-state index contributed by atoms with van der Waals surface area (Å²) >= 11 is 0. The first kappa shape index (κ1) is 13.9. The number of hydrogen-bond acceptors (Lipinski definition) is 4. The first-order valence-electron chi connectivity index (χ1n) is 6.91. The van der Waals surface area contributed by atoms with Gasteiger partial charge in [-0.25, -0.2) is 0 Å². The van der Waals surface area contributed by atoms with Gasteiger partial charge in [-0.15, -0.1) is 0 Å². The van der Waals surface area contributed by atoms with Crippen molar-refractivity contribution in [2.24, 2.45) is 11.7 Å². The summed E-state index contributed by atoms with van der Waals surface area (Å²) in [6.45, 7) is 7.39. The second kappa shape index (κ2) is 5.65. The van der Waals surface area contributed by atoms with Crippen LogP contribution < -0.4 is 5.73 Å². The van der Waals surface area contributed by atoms with Crippen molar-refractivity contribution >= 4 is 5.91 Å². The fourth-order valence-electron chi connectivity index (χ4n) is 2.41. The van der Waals surface area contributed by atoms with Gasteiger partial charge in [0.15, 0.2) is 0 Å². The molecule has 0 saturated carbocycles. The van der Waals surface area contributed by atoms with Crippen molar-refractivity contribution in [2.75, 3.05) is 13.1 Å². The third-order valence-corrected chi connectivity index (χ3v) is 3.86. The smallest absolute Gasteiger partial charge is 0.255 e. The Morgan fingerprint density at radius 2 is 2.26 bits per heavy atom. The second-order valence-electron chi connectivity index (χ2n) is 5.38. The van der Waals surface area contributed by atoms with Crippen molar-refractivity contribution < 1.29 is 4.79 Å². The first-order chi connectivity index (χ1) is 9.02. The maximum absolute atomic E-state index is 12.6. The van der Waals surface area contributed by atoms with Gasteiger partial charge in [-0.1, -0.05) is 13.8 Å². The van der Waals surface area contributed by atoms with Gasteiger partial charge in [0.05, 0.1) is 17.0 Å². The molecule has 2 unspecified atom stereocenters. The molecule has 0 aliphatic carbocycles. The molecule has 0 spiro atoms. The van der Waals surface area contributed by atoms with E-state index in [1.807, 2.05) is 24.8 Å². The van der Waals surface area contributed by atoms with E-state index >= 15 is 0 Å². The molecule has 19 heavy (non-hydrogen) atoms. The number of carbonyl (C=O) groups is 1. The lowest BCUT2D eigenvalue weighted by atomic mass is 9.93. The van der Waals surface area contributed by atoms with Gasteiger partial charge < -0.3 is 10.6 Å². The average molecular weight is 262 g/mol. The third-order valence-electron chi connectivity index (χ3n) is 3.86. The van der Waals surface area contributed by atoms with Gasteiger partial charge in [0.1, 0.15) is 0 Å². The number of hydrogen-bond donors (Lipinski definition) is 1. The highest BCUT2D eigenvalue weighted by molar-refractivity contribution is 5.95. The number of aryl methyl sites for hydroxylation is 2. The molecule has 5 nitrogen and oxygen atoms in total. The molecule has 1 aromatic heterocycles. The van der Waals surface area contributed by atoms with Crippen molar-refractivity contribution in [3.63, 3.8) is 0 Å². The molecule has 1 aliphatic heterocycles. The number of aromatic nitrogens is 2. The molecular weight excluding hydrogens is 240 g/mol. The van der Waals surface area contributed by atoms with E-state index in [9.17, 15) is 4.79 Å². The summed E-state index contributed by atoms with van der Waals surface area (Å²) in [6, 6.07) is 1.90. The van der Waals surface area contributed by atoms with Gasteiger partial charge in [-0.2, -0.15) is 10.2 Å². The zero-order valence-electron chi connectivity index (χ0n) is 11.9. The van der Waals surface area contributed by atoms with Crippen molar-refractivity contribution in [1.29, 1.82) is 0 Å². The van der Waals surface area contributed by atoms with Crippen LogP contribution in [-0.2, 0) is 6.42 Å². The standard InChI is InChI=1S/C14H22N4O/c1-4-13-11(7-10(3)16-17-13)14(19)18-6-5-9(2)12(15)8-18/h7,9,12H,4-6,8,15H2,1-3H3. The minimum absolute atomic E-state index is 0.0391. The molecule has 0 radical (unpaired) electrons. The Balaban J connectivity index is 2.22. The fraction of sp³-hybridized carbons (Fsp3) is 0.643. The zero-order valence-corrected chi connectivity index (χ0v) is 11.9. The first-order valence-corrected chi connectivity index (χ1v) is 6.91. The molecular formula is C14H22N4O. The van der Waals surface area contributed by atoms with Crippen LogP contribution in [0, 0.1) is 12.8 Å². The molecule has 1 amide bonds. The summed E-state index contributed by atoms with van der Waals surface area (Å²) in [7, 11) is 0. The summed E-state index contributed by atoms with van der Waals surface area (Å²) in [5, 5.41) is 8.14. The largest absolute Gasteiger partial charge is 0.337 e. The van der Waals surface area contributed by atoms with E-state index in [0.29, 0.717) is 24.4 Å². The highest BCUT2D eigenvalue weighted by Crippen LogP contribution is 2.19. The quantitative estimate of drug-likeness (QED) is 0.868. The number of carbonyl (C=O) groups excluding carboxylic acids is 1. The minimum Gasteiger partial charge on any atom is -0.337 e. The Labute approximate surface area is 114 Å². The predicted octanol–water partition coefficient (Wildman–Crippen LogP) is 1.16. The highest BCUT2D eigenvalue weighted by atomic mass is 16.2. The van der Waals surface area contributed by atoms with Crippen molar-refractivity contribution in [2.45, 2.75) is 39.7 Å². The van der Waals surface area contributed by atoms with Crippen LogP contribution >= 0.6 is 0 Å². The van der Waals surface area contributed by atoms with E-state index in [1.165, 1.54) is 0 Å². The molecule has 2 atom stereocenters. The normalized spacial score (nSPS) is 23.5. The van der Waals surface area contributed by atoms with Crippen LogP contribution in [0.1, 0.15) is 42.0 Å². The van der Waals surface area contributed by atoms with Crippen molar-refractivity contribution in [3.8, 4) is 0 Å². The van der Waals surface area contributed by atoms with Gasteiger partial charge in [-0.05, 0) is 31.7 Å². The Bertz CT molecular complexity index is 475. The molecule has 2 rings (SSSR count). The van der Waals surface area contributed by atoms with Crippen LogP contribution in [0.5, 0.6) is 0 Å². The summed E-state index contributed by atoms with van der Waals surface area (Å²) < 4.78 is 0. The van der Waals surface area contributed by atoms with Gasteiger partial charge in [0.2, 0.25) is 0 Å². The number of amides is 1. The average Bonchev–Trinajstić information content (AvgIpc) is 2.41. The van der Waals surface area contributed by atoms with Crippen LogP contribution in [0.4, 0.5) is 0 Å². The molecule has 2 N–H and O–H groups in total. The molecule has 1 saturated heterocycles. The number of rotatable bonds is 2. The van der Waals surface area contributed by atoms with Gasteiger partial charge in [-0.3, -0.25) is 4.79 Å². The van der Waals surface area contributed by atoms with E-state index in [1.54, 1.807) is 0 Å². The lowest BCUT2D eigenvalue weighted by Gasteiger charge is -2.35. The summed E-state index contributed by atoms with van der Waals surface area (Å²) in [5.74, 6) is 0.518. The minimum atomic E-state index is 0.0391. The lowest BCUT2D eigenvalue weighted by molar-refractivity contribution is 0.0670. The number of nitrogens with zero attached hydrogens (tertiary/aromatic N) is 3. The number of nitrogens with two attached hydrogens (primary N) is 1. The van der Waals surface area contributed by atoms with Gasteiger partial charge in [0.25, 0.3) is 5.91 Å². The summed E-state index contributed by atoms with van der Waals surface area (Å²) in [5.41, 5.74) is 8.28. The molecule has 1 fully saturated rings. The maximum atomic E-state index is 12.6. The van der Waals surface area contributed by atoms with E-state index in [2.05, 4.69) is 17.1 Å². The Hall–Kier alpha value is -1.49. The van der Waals surface area contributed by atoms with E-state index in [-0.39, 0.29) is 11.9 Å². The SMILES string of the molecule is CCc1nnc(C)cc1C(=O)N1CCC(C)C(N)C1. The monoisotopic (exact) mass is 262 g/mol. The lowest BCUT2D eigenvalue weighted by Crippen LogP contribution is -2.49. The molecule has 1 aliphatic rings. The fourth-order valence-corrected chi connectivity index (χ4v) is 2.41. The van der Waals surface area contributed by atoms with E-state index in [4.69, 9.17) is 5.73 Å². The summed E-state index contributed by atoms with van der Waals surface area (Å²) in [6.07, 6.45) is 1.68. The van der Waals surface area contributed by atoms with E-state index in [0.717, 1.165) is 24.4 Å². The highest BCUT2D eigenvalue weighted by Gasteiger charge is 2.28. The van der Waals surface area contributed by atoms with Crippen LogP contribution in [0.2, 0.25) is 0 Å². The Morgan fingerprint density at radius 1 is 1.53 bits per heavy atom. The molecule has 104 valence electrons. The second-order valence-corrected chi connectivity index (χ2v) is 5.38. The molecule has 0 bridgehead atoms. The van der Waals surface area contributed by atoms with Crippen LogP contribution in [0.25, 0.3) is 0 Å². The van der Waals surface area contributed by atoms with Crippen LogP contribution in [0.3, 0.4) is 0 Å². The Kier molecular flexibility index (Phi) is 4.14. The maximum Gasteiger partial charge on any atom is 0.255 e. The number of likely N-dealkylation sites (tertiary alicyclic amines) is 1. The zero-order chi connectivity index (χ0) is 14.0. The number of piperidine rings is 1. The van der Waals surface area contributed by atoms with Gasteiger partial charge >= 0.3 is 0 Å².